The molecular formula is C17H21F2N3O2. The number of nitrogens with zero attached hydrogens (tertiary/aromatic N) is 3. The molecule has 1 aromatic carbocycles. The molecule has 2 atom stereocenters. The Hall–Kier alpha value is -2.04. The molecule has 0 saturated carbocycles. The number of aliphatic hydroxyl groups is 1. The summed E-state index contributed by atoms with van der Waals surface area (Å²) in [5.41, 5.74) is 0.593. The number of β-amino-alcohol motifs (C(OH)–C–C–N with tert-alkyl or cyclic N) is 1. The van der Waals surface area contributed by atoms with Gasteiger partial charge in [0.1, 0.15) is 0 Å². The molecule has 0 aromatic heterocycles. The van der Waals surface area contributed by atoms with Gasteiger partial charge < -0.3 is 10.0 Å². The maximum Gasteiger partial charge on any atom is 0.223 e. The van der Waals surface area contributed by atoms with Gasteiger partial charge in [0.05, 0.1) is 18.6 Å². The van der Waals surface area contributed by atoms with Crippen LogP contribution in [0.4, 0.5) is 8.78 Å². The molecular weight excluding hydrogens is 316 g/mol. The molecule has 24 heavy (non-hydrogen) atoms. The van der Waals surface area contributed by atoms with E-state index in [-0.39, 0.29) is 24.8 Å². The zero-order valence-electron chi connectivity index (χ0n) is 13.6. The van der Waals surface area contributed by atoms with E-state index in [4.69, 9.17) is 5.26 Å². The molecule has 2 rings (SSSR count). The molecule has 1 fully saturated rings. The van der Waals surface area contributed by atoms with Gasteiger partial charge in [0, 0.05) is 39.1 Å². The molecule has 7 heteroatoms. The molecule has 5 nitrogen and oxygen atoms in total. The Morgan fingerprint density at radius 2 is 2.21 bits per heavy atom. The van der Waals surface area contributed by atoms with Crippen LogP contribution in [0.1, 0.15) is 30.9 Å². The minimum Gasteiger partial charge on any atom is -0.392 e. The van der Waals surface area contributed by atoms with Gasteiger partial charge in [-0.2, -0.15) is 5.26 Å². The molecule has 1 amide bonds. The van der Waals surface area contributed by atoms with E-state index < -0.39 is 17.7 Å². The van der Waals surface area contributed by atoms with E-state index in [1.165, 1.54) is 11.0 Å². The van der Waals surface area contributed by atoms with Gasteiger partial charge >= 0.3 is 0 Å². The van der Waals surface area contributed by atoms with Crippen LogP contribution < -0.4 is 0 Å². The average Bonchev–Trinajstić information content (AvgIpc) is 2.93. The lowest BCUT2D eigenvalue weighted by atomic mass is 10.0. The summed E-state index contributed by atoms with van der Waals surface area (Å²) < 4.78 is 26.5. The van der Waals surface area contributed by atoms with Crippen LogP contribution in [0.15, 0.2) is 18.2 Å². The number of rotatable bonds is 6. The molecule has 1 aliphatic heterocycles. The summed E-state index contributed by atoms with van der Waals surface area (Å²) in [5, 5.41) is 18.5. The Morgan fingerprint density at radius 1 is 1.46 bits per heavy atom. The van der Waals surface area contributed by atoms with Gasteiger partial charge in [0.2, 0.25) is 5.91 Å². The lowest BCUT2D eigenvalue weighted by Crippen LogP contribution is -2.33. The smallest absolute Gasteiger partial charge is 0.223 e. The highest BCUT2D eigenvalue weighted by molar-refractivity contribution is 5.76. The van der Waals surface area contributed by atoms with E-state index in [0.717, 1.165) is 12.1 Å². The van der Waals surface area contributed by atoms with Crippen molar-refractivity contribution in [1.82, 2.24) is 9.80 Å². The Balaban J connectivity index is 1.99. The summed E-state index contributed by atoms with van der Waals surface area (Å²) in [6.45, 7) is 1.18. The highest BCUT2D eigenvalue weighted by Crippen LogP contribution is 2.32. The second-order valence-electron chi connectivity index (χ2n) is 6.05. The van der Waals surface area contributed by atoms with Crippen molar-refractivity contribution in [3.8, 4) is 6.07 Å². The van der Waals surface area contributed by atoms with Crippen molar-refractivity contribution in [3.05, 3.63) is 35.4 Å². The maximum absolute atomic E-state index is 13.5. The second-order valence-corrected chi connectivity index (χ2v) is 6.05. The van der Waals surface area contributed by atoms with Gasteiger partial charge in [-0.3, -0.25) is 9.69 Å². The highest BCUT2D eigenvalue weighted by Gasteiger charge is 2.32. The number of hydrogen-bond acceptors (Lipinski definition) is 4. The number of likely N-dealkylation sites (tertiary alicyclic amines) is 1. The molecule has 0 radical (unpaired) electrons. The van der Waals surface area contributed by atoms with Crippen molar-refractivity contribution in [2.75, 3.05) is 26.7 Å². The number of hydrogen-bond donors (Lipinski definition) is 1. The van der Waals surface area contributed by atoms with Crippen LogP contribution in [0, 0.1) is 23.0 Å². The molecule has 1 aliphatic rings. The van der Waals surface area contributed by atoms with Crippen LogP contribution in [0.25, 0.3) is 0 Å². The van der Waals surface area contributed by atoms with Gasteiger partial charge in [0.25, 0.3) is 0 Å². The summed E-state index contributed by atoms with van der Waals surface area (Å²) in [7, 11) is 1.64. The van der Waals surface area contributed by atoms with E-state index in [1.807, 2.05) is 11.0 Å². The fourth-order valence-corrected chi connectivity index (χ4v) is 2.97. The first-order valence-electron chi connectivity index (χ1n) is 7.90. The van der Waals surface area contributed by atoms with E-state index in [9.17, 15) is 18.7 Å². The van der Waals surface area contributed by atoms with Crippen molar-refractivity contribution in [2.24, 2.45) is 0 Å². The number of aliphatic hydroxyl groups excluding tert-OH is 1. The van der Waals surface area contributed by atoms with Crippen molar-refractivity contribution in [2.45, 2.75) is 31.4 Å². The van der Waals surface area contributed by atoms with E-state index in [2.05, 4.69) is 0 Å². The molecule has 0 unspecified atom stereocenters. The van der Waals surface area contributed by atoms with Crippen molar-refractivity contribution >= 4 is 5.91 Å². The summed E-state index contributed by atoms with van der Waals surface area (Å²) in [6.07, 6.45) is 0.384. The minimum absolute atomic E-state index is 0.0873. The van der Waals surface area contributed by atoms with Gasteiger partial charge in [-0.05, 0) is 24.1 Å². The van der Waals surface area contributed by atoms with E-state index in [1.54, 1.807) is 7.05 Å². The van der Waals surface area contributed by atoms with Gasteiger partial charge in [-0.1, -0.05) is 6.07 Å². The maximum atomic E-state index is 13.5. The third-order valence-electron chi connectivity index (χ3n) is 4.31. The molecule has 0 aliphatic carbocycles. The van der Waals surface area contributed by atoms with E-state index >= 15 is 0 Å². The van der Waals surface area contributed by atoms with Crippen LogP contribution >= 0.6 is 0 Å². The lowest BCUT2D eigenvalue weighted by Gasteiger charge is -2.25. The summed E-state index contributed by atoms with van der Waals surface area (Å²) in [4.78, 5) is 15.5. The first-order chi connectivity index (χ1) is 11.4. The molecule has 0 bridgehead atoms. The SMILES string of the molecule is CN(CCC#N)C(=O)CCN1C[C@H](O)C[C@H]1c1ccc(F)c(F)c1. The van der Waals surface area contributed by atoms with Gasteiger partial charge in [-0.15, -0.1) is 0 Å². The predicted octanol–water partition coefficient (Wildman–Crippen LogP) is 1.83. The van der Waals surface area contributed by atoms with Crippen LogP contribution in [-0.4, -0.2) is 53.6 Å². The Kier molecular flexibility index (Phi) is 6.23. The first kappa shape index (κ1) is 18.3. The average molecular weight is 337 g/mol. The molecule has 1 N–H and O–H groups in total. The topological polar surface area (TPSA) is 67.6 Å². The van der Waals surface area contributed by atoms with Gasteiger partial charge in [-0.25, -0.2) is 8.78 Å². The Labute approximate surface area is 140 Å². The largest absolute Gasteiger partial charge is 0.392 e. The second kappa shape index (κ2) is 8.18. The van der Waals surface area contributed by atoms with Crippen molar-refractivity contribution in [3.63, 3.8) is 0 Å². The third kappa shape index (κ3) is 4.49. The first-order valence-corrected chi connectivity index (χ1v) is 7.90. The minimum atomic E-state index is -0.916. The molecule has 1 aromatic rings. The van der Waals surface area contributed by atoms with Crippen molar-refractivity contribution < 1.29 is 18.7 Å². The zero-order valence-corrected chi connectivity index (χ0v) is 13.6. The van der Waals surface area contributed by atoms with Crippen LogP contribution in [0.5, 0.6) is 0 Å². The molecule has 1 heterocycles. The number of nitriles is 1. The molecule has 0 spiro atoms. The normalized spacial score (nSPS) is 20.8. The zero-order chi connectivity index (χ0) is 17.7. The summed E-state index contributed by atoms with van der Waals surface area (Å²) in [6, 6.07) is 5.48. The van der Waals surface area contributed by atoms with Crippen molar-refractivity contribution in [1.29, 1.82) is 5.26 Å². The Morgan fingerprint density at radius 3 is 2.88 bits per heavy atom. The van der Waals surface area contributed by atoms with Gasteiger partial charge in [0.15, 0.2) is 11.6 Å². The standard InChI is InChI=1S/C17H21F2N3O2/c1-21(7-2-6-20)17(24)5-8-22-11-13(23)10-16(22)12-3-4-14(18)15(19)9-12/h3-4,9,13,16,23H,2,5,7-8,10-11H2,1H3/t13-,16+/m1/s1. The Bertz CT molecular complexity index is 633. The number of benzene rings is 1. The third-order valence-corrected chi connectivity index (χ3v) is 4.31. The van der Waals surface area contributed by atoms with Crippen LogP contribution in [0.2, 0.25) is 0 Å². The summed E-state index contributed by atoms with van der Waals surface area (Å²) in [5.74, 6) is -1.91. The van der Waals surface area contributed by atoms with Crippen LogP contribution in [-0.2, 0) is 4.79 Å². The van der Waals surface area contributed by atoms with E-state index in [0.29, 0.717) is 31.6 Å². The highest BCUT2D eigenvalue weighted by atomic mass is 19.2. The number of halogens is 2. The monoisotopic (exact) mass is 337 g/mol. The fraction of sp³-hybridized carbons (Fsp3) is 0.529. The number of amides is 1. The summed E-state index contributed by atoms with van der Waals surface area (Å²) >= 11 is 0. The quantitative estimate of drug-likeness (QED) is 0.860. The molecule has 1 saturated heterocycles. The predicted molar refractivity (Wildman–Crippen MR) is 83.8 cm³/mol. The lowest BCUT2D eigenvalue weighted by molar-refractivity contribution is -0.130. The fourth-order valence-electron chi connectivity index (χ4n) is 2.97. The number of carbonyl (C=O) groups excluding carboxylic acids is 1. The number of carbonyl (C=O) groups is 1. The van der Waals surface area contributed by atoms with Crippen LogP contribution in [0.3, 0.4) is 0 Å². The molecule has 130 valence electrons.